The summed E-state index contributed by atoms with van der Waals surface area (Å²) in [5, 5.41) is 0.148. The molecule has 0 N–H and O–H groups in total. The van der Waals surface area contributed by atoms with Crippen LogP contribution in [0.1, 0.15) is 105 Å². The largest absolute Gasteiger partial charge is 0.461 e. The first-order valence-corrected chi connectivity index (χ1v) is 21.7. The number of rotatable bonds is 10. The number of carbonyl (C=O) groups excluding carboxylic acids is 1. The Morgan fingerprint density at radius 1 is 1.07 bits per heavy atom. The maximum absolute atomic E-state index is 13.5. The van der Waals surface area contributed by atoms with Crippen molar-refractivity contribution in [1.29, 1.82) is 0 Å². The van der Waals surface area contributed by atoms with Crippen molar-refractivity contribution in [3.63, 3.8) is 0 Å². The van der Waals surface area contributed by atoms with E-state index in [0.29, 0.717) is 17.8 Å². The summed E-state index contributed by atoms with van der Waals surface area (Å²) in [4.78, 5) is 13.5. The molecule has 2 saturated heterocycles. The molecule has 0 aromatic carbocycles. The highest BCUT2D eigenvalue weighted by atomic mass is 32.2. The van der Waals surface area contributed by atoms with Gasteiger partial charge in [0, 0.05) is 18.9 Å². The third kappa shape index (κ3) is 7.90. The van der Waals surface area contributed by atoms with E-state index in [-0.39, 0.29) is 52.6 Å². The smallest absolute Gasteiger partial charge is 0.322 e. The van der Waals surface area contributed by atoms with E-state index in [1.807, 2.05) is 0 Å². The molecule has 0 aromatic heterocycles. The summed E-state index contributed by atoms with van der Waals surface area (Å²) in [6, 6.07) is 0. The van der Waals surface area contributed by atoms with Gasteiger partial charge in [0.25, 0.3) is 0 Å². The van der Waals surface area contributed by atoms with E-state index < -0.39 is 8.32 Å². The Bertz CT molecular complexity index is 1040. The lowest BCUT2D eigenvalue weighted by molar-refractivity contribution is -0.288. The molecular weight excluding hydrogens is 589 g/mol. The van der Waals surface area contributed by atoms with Gasteiger partial charge in [-0.25, -0.2) is 0 Å². The van der Waals surface area contributed by atoms with Crippen molar-refractivity contribution in [2.24, 2.45) is 23.7 Å². The maximum Gasteiger partial charge on any atom is 0.322 e. The standard InChI is InChI=1S/C36H60O6SSi/c1-24-20-26-14-13-25(2)29(33(26)30(21-24)40-34(37)36(43-6)17-11-18-36)16-15-27-22-28(42-44(7,8)35(3,4)5)23-32(39-27)41-31-12-9-10-19-38-31/h13-14,20,24-25,27-33H,9-12,15-19,21-23H2,1-8H3/t24-,25-,27+,28+,29-,30-,31?,32?,33-/m0/s1. The number of esters is 1. The van der Waals surface area contributed by atoms with Gasteiger partial charge in [-0.2, -0.15) is 0 Å². The predicted octanol–water partition coefficient (Wildman–Crippen LogP) is 8.81. The molecule has 2 aliphatic heterocycles. The van der Waals surface area contributed by atoms with Crippen molar-refractivity contribution in [1.82, 2.24) is 0 Å². The molecule has 0 bridgehead atoms. The van der Waals surface area contributed by atoms with Crippen LogP contribution in [-0.2, 0) is 28.2 Å². The fourth-order valence-corrected chi connectivity index (χ4v) is 10.0. The number of ether oxygens (including phenoxy) is 4. The monoisotopic (exact) mass is 648 g/mol. The second kappa shape index (κ2) is 14.2. The van der Waals surface area contributed by atoms with Gasteiger partial charge in [-0.05, 0) is 112 Å². The van der Waals surface area contributed by atoms with Crippen molar-refractivity contribution in [2.75, 3.05) is 12.9 Å². The molecule has 1 saturated carbocycles. The average Bonchev–Trinajstić information content (AvgIpc) is 2.92. The molecule has 2 unspecified atom stereocenters. The first-order valence-electron chi connectivity index (χ1n) is 17.6. The normalized spacial score (nSPS) is 37.5. The van der Waals surface area contributed by atoms with Gasteiger partial charge in [0.05, 0.1) is 12.2 Å². The molecule has 0 radical (unpaired) electrons. The summed E-state index contributed by atoms with van der Waals surface area (Å²) < 4.78 is 32.2. The van der Waals surface area contributed by atoms with Crippen LogP contribution in [0.5, 0.6) is 0 Å². The highest BCUT2D eigenvalue weighted by Gasteiger charge is 2.49. The lowest BCUT2D eigenvalue weighted by Crippen LogP contribution is -2.49. The molecule has 0 spiro atoms. The van der Waals surface area contributed by atoms with Crippen molar-refractivity contribution >= 4 is 26.0 Å². The van der Waals surface area contributed by atoms with Crippen LogP contribution < -0.4 is 0 Å². The second-order valence-electron chi connectivity index (χ2n) is 16.0. The molecule has 5 rings (SSSR count). The molecular formula is C36H60O6SSi. The SMILES string of the molecule is CSC1(C(=O)O[C@H]2C[C@@H](C)C=C3C=C[C@H](C)[C@H](CC[C@@H]4C[C@@H](O[Si](C)(C)C(C)(C)C)CC(OC5CCCCO5)O4)[C@H]32)CCC1. The van der Waals surface area contributed by atoms with Crippen LogP contribution in [0.3, 0.4) is 0 Å². The highest BCUT2D eigenvalue weighted by molar-refractivity contribution is 8.00. The van der Waals surface area contributed by atoms with Crippen LogP contribution in [-0.4, -0.2) is 62.8 Å². The van der Waals surface area contributed by atoms with E-state index in [9.17, 15) is 4.79 Å². The van der Waals surface area contributed by atoms with Crippen LogP contribution >= 0.6 is 11.8 Å². The Labute approximate surface area is 272 Å². The number of thioether (sulfide) groups is 1. The van der Waals surface area contributed by atoms with Crippen molar-refractivity contribution < 1.29 is 28.2 Å². The lowest BCUT2D eigenvalue weighted by atomic mass is 9.65. The van der Waals surface area contributed by atoms with Gasteiger partial charge in [-0.1, -0.05) is 52.8 Å². The predicted molar refractivity (Wildman–Crippen MR) is 181 cm³/mol. The minimum atomic E-state index is -1.95. The fraction of sp³-hybridized carbons (Fsp3) is 0.861. The molecule has 44 heavy (non-hydrogen) atoms. The zero-order valence-corrected chi connectivity index (χ0v) is 30.6. The van der Waals surface area contributed by atoms with Crippen LogP contribution in [0.15, 0.2) is 23.8 Å². The summed E-state index contributed by atoms with van der Waals surface area (Å²) in [7, 11) is -1.95. The minimum absolute atomic E-state index is 0.0156. The Morgan fingerprint density at radius 3 is 2.48 bits per heavy atom. The Balaban J connectivity index is 1.29. The summed E-state index contributed by atoms with van der Waals surface area (Å²) in [6.07, 6.45) is 19.5. The zero-order chi connectivity index (χ0) is 31.7. The van der Waals surface area contributed by atoms with Crippen LogP contribution in [0.4, 0.5) is 0 Å². The summed E-state index contributed by atoms with van der Waals surface area (Å²) in [5.41, 5.74) is 1.36. The number of fused-ring (bicyclic) bond motifs is 1. The van der Waals surface area contributed by atoms with E-state index in [0.717, 1.165) is 77.2 Å². The Morgan fingerprint density at radius 2 is 1.84 bits per heavy atom. The molecule has 5 aliphatic rings. The summed E-state index contributed by atoms with van der Waals surface area (Å²) in [6.45, 7) is 17.0. The molecule has 2 heterocycles. The average molecular weight is 649 g/mol. The molecule has 8 heteroatoms. The number of allylic oxidation sites excluding steroid dienone is 3. The molecule has 3 aliphatic carbocycles. The fourth-order valence-electron chi connectivity index (χ4n) is 7.71. The van der Waals surface area contributed by atoms with Gasteiger partial charge in [0.1, 0.15) is 10.9 Å². The molecule has 0 aromatic rings. The van der Waals surface area contributed by atoms with Crippen LogP contribution in [0, 0.1) is 23.7 Å². The van der Waals surface area contributed by atoms with Crippen LogP contribution in [0.25, 0.3) is 0 Å². The van der Waals surface area contributed by atoms with Gasteiger partial charge in [-0.15, -0.1) is 11.8 Å². The molecule has 250 valence electrons. The zero-order valence-electron chi connectivity index (χ0n) is 28.8. The first kappa shape index (κ1) is 34.7. The number of hydrogen-bond acceptors (Lipinski definition) is 7. The van der Waals surface area contributed by atoms with E-state index in [1.54, 1.807) is 11.8 Å². The number of hydrogen-bond donors (Lipinski definition) is 0. The van der Waals surface area contributed by atoms with Crippen molar-refractivity contribution in [2.45, 2.75) is 159 Å². The molecule has 3 fully saturated rings. The van der Waals surface area contributed by atoms with E-state index in [4.69, 9.17) is 23.4 Å². The van der Waals surface area contributed by atoms with Crippen molar-refractivity contribution in [3.05, 3.63) is 23.8 Å². The maximum atomic E-state index is 13.5. The first-order chi connectivity index (χ1) is 20.8. The molecule has 6 nitrogen and oxygen atoms in total. The third-order valence-electron chi connectivity index (χ3n) is 11.6. The highest BCUT2D eigenvalue weighted by Crippen LogP contribution is 2.48. The number of carbonyl (C=O) groups is 1. The van der Waals surface area contributed by atoms with Gasteiger partial charge in [-0.3, -0.25) is 4.79 Å². The third-order valence-corrected chi connectivity index (χ3v) is 17.5. The van der Waals surface area contributed by atoms with Gasteiger partial charge in [0.15, 0.2) is 20.9 Å². The van der Waals surface area contributed by atoms with Gasteiger partial charge >= 0.3 is 5.97 Å². The summed E-state index contributed by atoms with van der Waals surface area (Å²) >= 11 is 1.68. The quantitative estimate of drug-likeness (QED) is 0.173. The van der Waals surface area contributed by atoms with Crippen LogP contribution in [0.2, 0.25) is 18.1 Å². The van der Waals surface area contributed by atoms with Crippen molar-refractivity contribution in [3.8, 4) is 0 Å². The topological polar surface area (TPSA) is 63.2 Å². The van der Waals surface area contributed by atoms with E-state index >= 15 is 0 Å². The minimum Gasteiger partial charge on any atom is -0.461 e. The van der Waals surface area contributed by atoms with Gasteiger partial charge in [0.2, 0.25) is 0 Å². The lowest BCUT2D eigenvalue weighted by Gasteiger charge is -2.46. The van der Waals surface area contributed by atoms with E-state index in [1.165, 1.54) is 5.57 Å². The summed E-state index contributed by atoms with van der Waals surface area (Å²) in [5.74, 6) is 1.46. The molecule has 9 atom stereocenters. The van der Waals surface area contributed by atoms with Gasteiger partial charge < -0.3 is 23.4 Å². The second-order valence-corrected chi connectivity index (χ2v) is 21.9. The molecule has 0 amide bonds. The Hall–Kier alpha value is -0.643. The Kier molecular flexibility index (Phi) is 11.2. The van der Waals surface area contributed by atoms with E-state index in [2.05, 4.69) is 72.2 Å².